The molecule has 0 unspecified atom stereocenters. The van der Waals surface area contributed by atoms with Gasteiger partial charge in [0, 0.05) is 17.2 Å². The number of hydrogen-bond donors (Lipinski definition) is 1. The Morgan fingerprint density at radius 3 is 2.33 bits per heavy atom. The van der Waals surface area contributed by atoms with Crippen LogP contribution >= 0.6 is 0 Å². The maximum atomic E-state index is 11.1. The highest BCUT2D eigenvalue weighted by atomic mass is 16.7. The van der Waals surface area contributed by atoms with Gasteiger partial charge in [0.15, 0.2) is 0 Å². The first kappa shape index (κ1) is 13.5. The van der Waals surface area contributed by atoms with Gasteiger partial charge in [-0.05, 0) is 6.07 Å². The monoisotopic (exact) mass is 286 g/mol. The first-order valence-electron chi connectivity index (χ1n) is 6.51. The molecule has 2 N–H and O–H groups in total. The summed E-state index contributed by atoms with van der Waals surface area (Å²) in [5.74, 6) is -1.11. The molecule has 1 fully saturated rings. The van der Waals surface area contributed by atoms with Crippen molar-refractivity contribution >= 4 is 11.4 Å². The molecule has 0 aliphatic carbocycles. The fraction of sp³-hybridized carbons (Fsp3) is 0.200. The van der Waals surface area contributed by atoms with Crippen LogP contribution in [0.3, 0.4) is 0 Å². The van der Waals surface area contributed by atoms with E-state index in [0.29, 0.717) is 18.8 Å². The Hall–Kier alpha value is -2.44. The molecule has 6 nitrogen and oxygen atoms in total. The summed E-state index contributed by atoms with van der Waals surface area (Å²) in [4.78, 5) is 10.6. The number of nitro groups is 1. The molecule has 108 valence electrons. The summed E-state index contributed by atoms with van der Waals surface area (Å²) in [6, 6.07) is 14.0. The third-order valence-corrected chi connectivity index (χ3v) is 3.45. The summed E-state index contributed by atoms with van der Waals surface area (Å²) in [5, 5.41) is 11.1. The molecule has 21 heavy (non-hydrogen) atoms. The van der Waals surface area contributed by atoms with E-state index in [1.807, 2.05) is 30.3 Å². The number of nitro benzene ring substituents is 1. The van der Waals surface area contributed by atoms with Crippen molar-refractivity contribution < 1.29 is 14.4 Å². The Morgan fingerprint density at radius 1 is 1.05 bits per heavy atom. The second-order valence-electron chi connectivity index (χ2n) is 4.71. The molecule has 0 aromatic heterocycles. The number of hydrogen-bond acceptors (Lipinski definition) is 5. The van der Waals surface area contributed by atoms with Crippen molar-refractivity contribution in [1.82, 2.24) is 0 Å². The van der Waals surface area contributed by atoms with Gasteiger partial charge in [0.2, 0.25) is 5.79 Å². The van der Waals surface area contributed by atoms with E-state index in [9.17, 15) is 10.1 Å². The predicted molar refractivity (Wildman–Crippen MR) is 76.6 cm³/mol. The summed E-state index contributed by atoms with van der Waals surface area (Å²) in [7, 11) is 0. The van der Waals surface area contributed by atoms with Gasteiger partial charge < -0.3 is 15.2 Å². The lowest BCUT2D eigenvalue weighted by atomic mass is 9.96. The van der Waals surface area contributed by atoms with Crippen molar-refractivity contribution in [2.75, 3.05) is 18.9 Å². The molecule has 6 heteroatoms. The second-order valence-corrected chi connectivity index (χ2v) is 4.71. The maximum Gasteiger partial charge on any atom is 0.292 e. The zero-order valence-corrected chi connectivity index (χ0v) is 11.2. The largest absolute Gasteiger partial charge is 0.393 e. The van der Waals surface area contributed by atoms with Gasteiger partial charge in [-0.15, -0.1) is 0 Å². The Labute approximate surface area is 121 Å². The van der Waals surface area contributed by atoms with Crippen LogP contribution < -0.4 is 5.73 Å². The zero-order valence-electron chi connectivity index (χ0n) is 11.2. The highest BCUT2D eigenvalue weighted by Gasteiger charge is 2.41. The summed E-state index contributed by atoms with van der Waals surface area (Å²) in [6.07, 6.45) is 0. The molecule has 0 atom stereocenters. The molecule has 2 aromatic carbocycles. The van der Waals surface area contributed by atoms with Gasteiger partial charge in [-0.3, -0.25) is 10.1 Å². The van der Waals surface area contributed by atoms with Crippen molar-refractivity contribution in [3.05, 3.63) is 69.8 Å². The molecular formula is C15H14N2O4. The van der Waals surface area contributed by atoms with Crippen molar-refractivity contribution in [3.63, 3.8) is 0 Å². The summed E-state index contributed by atoms with van der Waals surface area (Å²) >= 11 is 0. The zero-order chi connectivity index (χ0) is 14.9. The van der Waals surface area contributed by atoms with Crippen molar-refractivity contribution in [1.29, 1.82) is 0 Å². The standard InChI is InChI=1S/C15H14N2O4/c16-13-7-6-12(10-14(13)17(18)19)15(20-8-9-21-15)11-4-2-1-3-5-11/h1-7,10H,8-9,16H2. The number of rotatable bonds is 3. The number of nitrogen functional groups attached to an aromatic ring is 1. The van der Waals surface area contributed by atoms with Crippen LogP contribution in [0, 0.1) is 10.1 Å². The summed E-state index contributed by atoms with van der Waals surface area (Å²) in [5.41, 5.74) is 6.97. The van der Waals surface area contributed by atoms with Gasteiger partial charge in [-0.25, -0.2) is 0 Å². The van der Waals surface area contributed by atoms with E-state index in [1.165, 1.54) is 12.1 Å². The smallest absolute Gasteiger partial charge is 0.292 e. The molecule has 1 aliphatic rings. The SMILES string of the molecule is Nc1ccc(C2(c3ccccc3)OCCO2)cc1[N+](=O)[O-]. The number of benzene rings is 2. The molecule has 0 amide bonds. The Kier molecular flexibility index (Phi) is 3.32. The molecule has 1 aliphatic heterocycles. The average Bonchev–Trinajstić information content (AvgIpc) is 2.99. The Balaban J connectivity index is 2.15. The molecule has 0 spiro atoms. The topological polar surface area (TPSA) is 87.6 Å². The summed E-state index contributed by atoms with van der Waals surface area (Å²) in [6.45, 7) is 0.847. The lowest BCUT2D eigenvalue weighted by Gasteiger charge is -2.28. The van der Waals surface area contributed by atoms with E-state index in [4.69, 9.17) is 15.2 Å². The van der Waals surface area contributed by atoms with E-state index >= 15 is 0 Å². The van der Waals surface area contributed by atoms with Gasteiger partial charge in [0.25, 0.3) is 5.69 Å². The normalized spacial score (nSPS) is 16.8. The quantitative estimate of drug-likeness (QED) is 0.532. The third-order valence-electron chi connectivity index (χ3n) is 3.45. The molecule has 1 saturated heterocycles. The van der Waals surface area contributed by atoms with Gasteiger partial charge >= 0.3 is 0 Å². The predicted octanol–water partition coefficient (Wildman–Crippen LogP) is 2.42. The van der Waals surface area contributed by atoms with Crippen LogP contribution in [0.4, 0.5) is 11.4 Å². The van der Waals surface area contributed by atoms with Crippen LogP contribution in [0.25, 0.3) is 0 Å². The van der Waals surface area contributed by atoms with Crippen LogP contribution in [-0.4, -0.2) is 18.1 Å². The van der Waals surface area contributed by atoms with Crippen LogP contribution in [0.15, 0.2) is 48.5 Å². The highest BCUT2D eigenvalue weighted by Crippen LogP contribution is 2.40. The number of ether oxygens (including phenoxy) is 2. The fourth-order valence-electron chi connectivity index (χ4n) is 2.48. The maximum absolute atomic E-state index is 11.1. The van der Waals surface area contributed by atoms with Crippen LogP contribution in [0.5, 0.6) is 0 Å². The number of nitrogens with two attached hydrogens (primary N) is 1. The first-order chi connectivity index (χ1) is 10.1. The number of nitrogens with zero attached hydrogens (tertiary/aromatic N) is 1. The molecule has 3 rings (SSSR count). The second kappa shape index (κ2) is 5.16. The molecular weight excluding hydrogens is 272 g/mol. The van der Waals surface area contributed by atoms with Gasteiger partial charge in [0.05, 0.1) is 18.1 Å². The molecule has 0 bridgehead atoms. The van der Waals surface area contributed by atoms with Crippen molar-refractivity contribution in [2.45, 2.75) is 5.79 Å². The van der Waals surface area contributed by atoms with E-state index in [0.717, 1.165) is 5.56 Å². The van der Waals surface area contributed by atoms with Crippen LogP contribution in [-0.2, 0) is 15.3 Å². The minimum atomic E-state index is -1.11. The fourth-order valence-corrected chi connectivity index (χ4v) is 2.48. The van der Waals surface area contributed by atoms with E-state index in [-0.39, 0.29) is 11.4 Å². The lowest BCUT2D eigenvalue weighted by Crippen LogP contribution is -2.28. The van der Waals surface area contributed by atoms with E-state index < -0.39 is 10.7 Å². The van der Waals surface area contributed by atoms with Crippen molar-refractivity contribution in [2.24, 2.45) is 0 Å². The van der Waals surface area contributed by atoms with Crippen LogP contribution in [0.2, 0.25) is 0 Å². The van der Waals surface area contributed by atoms with E-state index in [1.54, 1.807) is 6.07 Å². The molecule has 0 saturated carbocycles. The number of anilines is 1. The molecule has 1 heterocycles. The molecule has 0 radical (unpaired) electrons. The van der Waals surface area contributed by atoms with Gasteiger partial charge in [-0.1, -0.05) is 36.4 Å². The summed E-state index contributed by atoms with van der Waals surface area (Å²) < 4.78 is 11.6. The van der Waals surface area contributed by atoms with Crippen LogP contribution in [0.1, 0.15) is 11.1 Å². The first-order valence-corrected chi connectivity index (χ1v) is 6.51. The minimum absolute atomic E-state index is 0.116. The Morgan fingerprint density at radius 2 is 1.71 bits per heavy atom. The Bertz CT molecular complexity index is 667. The van der Waals surface area contributed by atoms with Gasteiger partial charge in [0.1, 0.15) is 5.69 Å². The highest BCUT2D eigenvalue weighted by molar-refractivity contribution is 5.60. The average molecular weight is 286 g/mol. The third kappa shape index (κ3) is 2.24. The van der Waals surface area contributed by atoms with E-state index in [2.05, 4.69) is 0 Å². The minimum Gasteiger partial charge on any atom is -0.393 e. The van der Waals surface area contributed by atoms with Gasteiger partial charge in [-0.2, -0.15) is 0 Å². The molecule has 2 aromatic rings. The lowest BCUT2D eigenvalue weighted by molar-refractivity contribution is -0.384. The van der Waals surface area contributed by atoms with Crippen molar-refractivity contribution in [3.8, 4) is 0 Å².